The second kappa shape index (κ2) is 12.9. The summed E-state index contributed by atoms with van der Waals surface area (Å²) in [6.07, 6.45) is 5.17. The number of sulfone groups is 1. The van der Waals surface area contributed by atoms with E-state index in [1.807, 2.05) is 37.3 Å². The Balaban J connectivity index is 1.35. The van der Waals surface area contributed by atoms with Crippen molar-refractivity contribution < 1.29 is 27.0 Å². The number of hydrogen-bond acceptors (Lipinski definition) is 8. The normalized spacial score (nSPS) is 17.3. The fourth-order valence-corrected chi connectivity index (χ4v) is 5.91. The molecule has 2 atom stereocenters. The minimum Gasteiger partial charge on any atom is -0.487 e. The molecule has 0 bridgehead atoms. The molecule has 0 fully saturated rings. The van der Waals surface area contributed by atoms with Crippen LogP contribution < -0.4 is 10.1 Å². The molecule has 8 nitrogen and oxygen atoms in total. The van der Waals surface area contributed by atoms with Gasteiger partial charge >= 0.3 is 0 Å². The van der Waals surface area contributed by atoms with Crippen LogP contribution in [0.2, 0.25) is 5.02 Å². The maximum Gasteiger partial charge on any atom is 0.162 e. The first-order chi connectivity index (χ1) is 20.6. The maximum atomic E-state index is 13.5. The number of nitrogens with one attached hydrogen (secondary N) is 1. The molecule has 226 valence electrons. The van der Waals surface area contributed by atoms with E-state index < -0.39 is 26.8 Å². The van der Waals surface area contributed by atoms with Crippen LogP contribution in [0.25, 0.3) is 10.9 Å². The molecule has 1 aliphatic rings. The van der Waals surface area contributed by atoms with Crippen LogP contribution in [-0.2, 0) is 31.5 Å². The van der Waals surface area contributed by atoms with Gasteiger partial charge < -0.3 is 19.5 Å². The van der Waals surface area contributed by atoms with Crippen molar-refractivity contribution in [2.75, 3.05) is 17.7 Å². The van der Waals surface area contributed by atoms with Gasteiger partial charge in [0, 0.05) is 17.5 Å². The lowest BCUT2D eigenvalue weighted by atomic mass is 9.85. The van der Waals surface area contributed by atoms with E-state index in [0.717, 1.165) is 16.5 Å². The second-order valence-electron chi connectivity index (χ2n) is 10.7. The average molecular weight is 626 g/mol. The zero-order valence-electron chi connectivity index (χ0n) is 24.1. The highest BCUT2D eigenvalue weighted by Crippen LogP contribution is 2.41. The number of nitrogens with zero attached hydrogens (tertiary/aromatic N) is 2. The highest BCUT2D eigenvalue weighted by atomic mass is 35.5. The molecule has 0 aliphatic carbocycles. The van der Waals surface area contributed by atoms with E-state index in [-0.39, 0.29) is 24.8 Å². The van der Waals surface area contributed by atoms with Crippen molar-refractivity contribution in [2.24, 2.45) is 0 Å². The Labute approximate surface area is 255 Å². The van der Waals surface area contributed by atoms with Crippen molar-refractivity contribution >= 4 is 43.8 Å². The highest BCUT2D eigenvalue weighted by molar-refractivity contribution is 7.91. The fourth-order valence-electron chi connectivity index (χ4n) is 4.87. The van der Waals surface area contributed by atoms with Crippen molar-refractivity contribution in [3.63, 3.8) is 0 Å². The van der Waals surface area contributed by atoms with Gasteiger partial charge in [0.1, 0.15) is 30.3 Å². The third-order valence-electron chi connectivity index (χ3n) is 7.51. The number of hydrogen-bond donors (Lipinski definition) is 1. The van der Waals surface area contributed by atoms with E-state index in [9.17, 15) is 12.8 Å². The number of halogens is 2. The second-order valence-corrected chi connectivity index (χ2v) is 13.7. The van der Waals surface area contributed by atoms with Gasteiger partial charge in [-0.25, -0.2) is 22.8 Å². The molecule has 0 spiro atoms. The summed E-state index contributed by atoms with van der Waals surface area (Å²) in [5.41, 5.74) is 2.11. The molecule has 5 rings (SSSR count). The molecule has 1 aliphatic heterocycles. The van der Waals surface area contributed by atoms with Crippen LogP contribution in [0.4, 0.5) is 15.9 Å². The predicted molar refractivity (Wildman–Crippen MR) is 166 cm³/mol. The van der Waals surface area contributed by atoms with Crippen LogP contribution in [0, 0.1) is 5.82 Å². The van der Waals surface area contributed by atoms with Gasteiger partial charge in [-0.2, -0.15) is 0 Å². The summed E-state index contributed by atoms with van der Waals surface area (Å²) in [5, 5.41) is 4.00. The molecule has 0 radical (unpaired) electrons. The summed E-state index contributed by atoms with van der Waals surface area (Å²) in [6.45, 7) is 5.47. The van der Waals surface area contributed by atoms with Crippen LogP contribution in [0.5, 0.6) is 5.75 Å². The Morgan fingerprint density at radius 1 is 1.09 bits per heavy atom. The Morgan fingerprint density at radius 3 is 2.65 bits per heavy atom. The van der Waals surface area contributed by atoms with E-state index >= 15 is 0 Å². The van der Waals surface area contributed by atoms with Crippen molar-refractivity contribution in [3.8, 4) is 5.75 Å². The average Bonchev–Trinajstić information content (AvgIpc) is 3.48. The number of anilines is 2. The van der Waals surface area contributed by atoms with Crippen LogP contribution in [-0.4, -0.2) is 42.1 Å². The lowest BCUT2D eigenvalue weighted by Crippen LogP contribution is -2.40. The molecule has 1 N–H and O–H groups in total. The Morgan fingerprint density at radius 2 is 1.93 bits per heavy atom. The standard InChI is InChI=1S/C32H33ClFN3O5S/c1-21(2)43(38,39)15-14-40-22(3)32(12-5-13-42-32)24-8-10-29-27(17-24)31(36-20-35-29)37-26-9-11-30(28(33)18-26)41-19-23-6-4-7-25(34)16-23/h4-11,13,16-18,20-22H,12,14-15,19H2,1-3H3,(H,35,36,37). The van der Waals surface area contributed by atoms with Crippen LogP contribution in [0.15, 0.2) is 79.3 Å². The number of benzene rings is 3. The number of fused-ring (bicyclic) bond motifs is 1. The molecule has 0 saturated heterocycles. The SMILES string of the molecule is CC(OCCS(=O)(=O)C(C)C)C1(c2ccc3ncnc(Nc4ccc(OCc5cccc(F)c5)c(Cl)c4)c3c2)CC=CO1. The van der Waals surface area contributed by atoms with Crippen molar-refractivity contribution in [1.29, 1.82) is 0 Å². The third kappa shape index (κ3) is 6.92. The molecule has 4 aromatic rings. The first-order valence-electron chi connectivity index (χ1n) is 13.9. The molecule has 43 heavy (non-hydrogen) atoms. The molecule has 0 amide bonds. The van der Waals surface area contributed by atoms with Gasteiger partial charge in [0.2, 0.25) is 0 Å². The van der Waals surface area contributed by atoms with Crippen molar-refractivity contribution in [2.45, 2.75) is 50.8 Å². The lowest BCUT2D eigenvalue weighted by Gasteiger charge is -2.35. The quantitative estimate of drug-likeness (QED) is 0.178. The Bertz CT molecular complexity index is 1740. The monoisotopic (exact) mass is 625 g/mol. The van der Waals surface area contributed by atoms with Gasteiger partial charge in [-0.05, 0) is 80.4 Å². The zero-order chi connectivity index (χ0) is 30.6. The van der Waals surface area contributed by atoms with Gasteiger partial charge in [-0.1, -0.05) is 29.8 Å². The third-order valence-corrected chi connectivity index (χ3v) is 9.98. The molecule has 0 saturated carbocycles. The smallest absolute Gasteiger partial charge is 0.162 e. The Hall–Kier alpha value is -3.73. The molecular weight excluding hydrogens is 593 g/mol. The summed E-state index contributed by atoms with van der Waals surface area (Å²) >= 11 is 6.52. The van der Waals surface area contributed by atoms with E-state index in [0.29, 0.717) is 34.3 Å². The largest absolute Gasteiger partial charge is 0.487 e. The van der Waals surface area contributed by atoms with Gasteiger partial charge in [-0.15, -0.1) is 0 Å². The summed E-state index contributed by atoms with van der Waals surface area (Å²) in [6, 6.07) is 17.3. The molecule has 3 aromatic carbocycles. The highest BCUT2D eigenvalue weighted by Gasteiger charge is 2.42. The van der Waals surface area contributed by atoms with Crippen molar-refractivity contribution in [1.82, 2.24) is 9.97 Å². The van der Waals surface area contributed by atoms with E-state index in [1.165, 1.54) is 18.5 Å². The van der Waals surface area contributed by atoms with Gasteiger partial charge in [-0.3, -0.25) is 0 Å². The van der Waals surface area contributed by atoms with Gasteiger partial charge in [0.15, 0.2) is 15.4 Å². The zero-order valence-corrected chi connectivity index (χ0v) is 25.7. The summed E-state index contributed by atoms with van der Waals surface area (Å²) in [4.78, 5) is 8.91. The minimum atomic E-state index is -3.23. The molecular formula is C32H33ClFN3O5S. The number of ether oxygens (including phenoxy) is 3. The first kappa shape index (κ1) is 30.7. The van der Waals surface area contributed by atoms with E-state index in [2.05, 4.69) is 15.3 Å². The molecule has 11 heteroatoms. The molecule has 2 heterocycles. The van der Waals surface area contributed by atoms with Crippen LogP contribution in [0.1, 0.15) is 38.3 Å². The first-order valence-corrected chi connectivity index (χ1v) is 16.0. The number of rotatable bonds is 12. The summed E-state index contributed by atoms with van der Waals surface area (Å²) in [7, 11) is -3.23. The maximum absolute atomic E-state index is 13.5. The topological polar surface area (TPSA) is 99.6 Å². The van der Waals surface area contributed by atoms with Gasteiger partial charge in [0.25, 0.3) is 0 Å². The molecule has 2 unspecified atom stereocenters. The fraction of sp³-hybridized carbons (Fsp3) is 0.312. The van der Waals surface area contributed by atoms with E-state index in [4.69, 9.17) is 25.8 Å². The lowest BCUT2D eigenvalue weighted by molar-refractivity contribution is -0.0964. The minimum absolute atomic E-state index is 0.0602. The summed E-state index contributed by atoms with van der Waals surface area (Å²) < 4.78 is 56.1. The Kier molecular flexibility index (Phi) is 9.19. The van der Waals surface area contributed by atoms with Crippen molar-refractivity contribution in [3.05, 3.63) is 101 Å². The van der Waals surface area contributed by atoms with Crippen LogP contribution >= 0.6 is 11.6 Å². The number of aromatic nitrogens is 2. The molecule has 1 aromatic heterocycles. The predicted octanol–water partition coefficient (Wildman–Crippen LogP) is 7.10. The van der Waals surface area contributed by atoms with Crippen LogP contribution in [0.3, 0.4) is 0 Å². The van der Waals surface area contributed by atoms with Gasteiger partial charge in [0.05, 0.1) is 40.5 Å². The van der Waals surface area contributed by atoms with E-state index in [1.54, 1.807) is 44.4 Å². The summed E-state index contributed by atoms with van der Waals surface area (Å²) in [5.74, 6) is 0.645.